The van der Waals surface area contributed by atoms with Crippen LogP contribution < -0.4 is 5.73 Å². The van der Waals surface area contributed by atoms with Gasteiger partial charge in [0.1, 0.15) is 5.51 Å². The maximum Gasteiger partial charge on any atom is 0.164 e. The molecule has 0 fully saturated rings. The number of anilines is 1. The Balaban J connectivity index is 2.99. The predicted molar refractivity (Wildman–Crippen MR) is 35.3 cm³/mol. The smallest absolute Gasteiger partial charge is 0.164 e. The number of fused-ring (bicyclic) bond motifs is 1. The summed E-state index contributed by atoms with van der Waals surface area (Å²) in [5, 5.41) is 7.75. The van der Waals surface area contributed by atoms with E-state index < -0.39 is 0 Å². The molecule has 2 rings (SSSR count). The predicted octanol–water partition coefficient (Wildman–Crippen LogP) is 0.373. The van der Waals surface area contributed by atoms with Crippen molar-refractivity contribution in [3.05, 3.63) is 11.7 Å². The van der Waals surface area contributed by atoms with Gasteiger partial charge in [-0.15, -0.1) is 9.73 Å². The Hall–Kier alpha value is -1.10. The molecule has 0 aliphatic rings. The van der Waals surface area contributed by atoms with Crippen LogP contribution in [0.4, 0.5) is 5.69 Å². The van der Waals surface area contributed by atoms with E-state index in [0.29, 0.717) is 5.69 Å². The molecule has 46 valence electrons. The Labute approximate surface area is 54.9 Å². The molecule has 9 heavy (non-hydrogen) atoms. The summed E-state index contributed by atoms with van der Waals surface area (Å²) in [6.07, 6.45) is 1.60. The van der Waals surface area contributed by atoms with Crippen molar-refractivity contribution in [2.24, 2.45) is 0 Å². The van der Waals surface area contributed by atoms with Gasteiger partial charge >= 0.3 is 0 Å². The molecule has 2 aromatic rings. The number of aromatic nitrogens is 3. The Morgan fingerprint density at radius 3 is 3.22 bits per heavy atom. The molecule has 0 saturated carbocycles. The second-order valence-electron chi connectivity index (χ2n) is 1.63. The first-order valence-corrected chi connectivity index (χ1v) is 3.29. The summed E-state index contributed by atoms with van der Waals surface area (Å²) in [5.41, 5.74) is 7.91. The molecule has 0 spiro atoms. The SMILES string of the molecule is Nc1cnn2ncsc12. The van der Waals surface area contributed by atoms with Crippen LogP contribution in [0.5, 0.6) is 0 Å². The van der Waals surface area contributed by atoms with E-state index in [1.165, 1.54) is 16.0 Å². The molecule has 0 aromatic carbocycles. The molecule has 0 bridgehead atoms. The van der Waals surface area contributed by atoms with Crippen LogP contribution >= 0.6 is 11.3 Å². The zero-order valence-corrected chi connectivity index (χ0v) is 5.30. The van der Waals surface area contributed by atoms with Gasteiger partial charge in [0.15, 0.2) is 4.83 Å². The first-order chi connectivity index (χ1) is 4.38. The molecular formula is C4H4N4S. The van der Waals surface area contributed by atoms with Crippen molar-refractivity contribution in [3.8, 4) is 0 Å². The lowest BCUT2D eigenvalue weighted by molar-refractivity contribution is 0.821. The molecule has 4 nitrogen and oxygen atoms in total. The lowest BCUT2D eigenvalue weighted by Gasteiger charge is -1.75. The fraction of sp³-hybridized carbons (Fsp3) is 0. The van der Waals surface area contributed by atoms with Crippen LogP contribution in [-0.2, 0) is 0 Å². The van der Waals surface area contributed by atoms with E-state index in [9.17, 15) is 0 Å². The number of nitrogens with two attached hydrogens (primary N) is 1. The van der Waals surface area contributed by atoms with Crippen LogP contribution in [0.2, 0.25) is 0 Å². The molecule has 0 amide bonds. The molecule has 0 aliphatic heterocycles. The fourth-order valence-electron chi connectivity index (χ4n) is 0.656. The van der Waals surface area contributed by atoms with Crippen LogP contribution in [0.25, 0.3) is 4.83 Å². The van der Waals surface area contributed by atoms with Gasteiger partial charge in [-0.25, -0.2) is 0 Å². The Kier molecular flexibility index (Phi) is 0.762. The van der Waals surface area contributed by atoms with Crippen molar-refractivity contribution in [1.29, 1.82) is 0 Å². The molecule has 2 N–H and O–H groups in total. The Morgan fingerprint density at radius 2 is 2.44 bits per heavy atom. The third-order valence-electron chi connectivity index (χ3n) is 1.06. The van der Waals surface area contributed by atoms with Gasteiger partial charge in [-0.3, -0.25) is 0 Å². The number of rotatable bonds is 0. The van der Waals surface area contributed by atoms with Crippen LogP contribution in [0.3, 0.4) is 0 Å². The van der Waals surface area contributed by atoms with E-state index in [4.69, 9.17) is 5.73 Å². The number of hydrogen-bond donors (Lipinski definition) is 1. The largest absolute Gasteiger partial charge is 0.395 e. The second-order valence-corrected chi connectivity index (χ2v) is 2.47. The second kappa shape index (κ2) is 1.44. The number of nitrogens with zero attached hydrogens (tertiary/aromatic N) is 3. The Bertz CT molecular complexity index is 322. The van der Waals surface area contributed by atoms with E-state index in [0.717, 1.165) is 4.83 Å². The van der Waals surface area contributed by atoms with Crippen molar-refractivity contribution in [2.75, 3.05) is 5.73 Å². The van der Waals surface area contributed by atoms with Crippen molar-refractivity contribution in [3.63, 3.8) is 0 Å². The highest BCUT2D eigenvalue weighted by molar-refractivity contribution is 7.15. The third-order valence-corrected chi connectivity index (χ3v) is 1.88. The molecule has 0 aliphatic carbocycles. The zero-order valence-electron chi connectivity index (χ0n) is 4.48. The first-order valence-electron chi connectivity index (χ1n) is 2.41. The van der Waals surface area contributed by atoms with E-state index >= 15 is 0 Å². The van der Waals surface area contributed by atoms with Crippen molar-refractivity contribution < 1.29 is 0 Å². The van der Waals surface area contributed by atoms with Crippen LogP contribution in [0.1, 0.15) is 0 Å². The summed E-state index contributed by atoms with van der Waals surface area (Å²) in [6, 6.07) is 0. The van der Waals surface area contributed by atoms with Gasteiger partial charge in [0.05, 0.1) is 11.9 Å². The quantitative estimate of drug-likeness (QED) is 0.575. The molecular weight excluding hydrogens is 136 g/mol. The fourth-order valence-corrected chi connectivity index (χ4v) is 1.27. The Morgan fingerprint density at radius 1 is 1.56 bits per heavy atom. The average molecular weight is 140 g/mol. The molecule has 0 atom stereocenters. The molecule has 0 radical (unpaired) electrons. The molecule has 2 aromatic heterocycles. The molecule has 0 saturated heterocycles. The number of hydrogen-bond acceptors (Lipinski definition) is 4. The zero-order chi connectivity index (χ0) is 6.27. The van der Waals surface area contributed by atoms with Gasteiger partial charge in [0.2, 0.25) is 0 Å². The highest BCUT2D eigenvalue weighted by atomic mass is 32.1. The first kappa shape index (κ1) is 4.75. The summed E-state index contributed by atoms with van der Waals surface area (Å²) < 4.78 is 1.51. The molecule has 2 heterocycles. The van der Waals surface area contributed by atoms with Gasteiger partial charge in [-0.05, 0) is 0 Å². The topological polar surface area (TPSA) is 56.2 Å². The maximum atomic E-state index is 5.51. The lowest BCUT2D eigenvalue weighted by atomic mass is 10.6. The van der Waals surface area contributed by atoms with Crippen LogP contribution in [0.15, 0.2) is 11.7 Å². The third kappa shape index (κ3) is 0.517. The van der Waals surface area contributed by atoms with Crippen LogP contribution in [-0.4, -0.2) is 14.8 Å². The van der Waals surface area contributed by atoms with Gasteiger partial charge in [-0.2, -0.15) is 5.10 Å². The summed E-state index contributed by atoms with van der Waals surface area (Å²) in [4.78, 5) is 0.912. The van der Waals surface area contributed by atoms with Crippen molar-refractivity contribution >= 4 is 21.9 Å². The number of nitrogen functional groups attached to an aromatic ring is 1. The monoisotopic (exact) mass is 140 g/mol. The van der Waals surface area contributed by atoms with E-state index in [-0.39, 0.29) is 0 Å². The van der Waals surface area contributed by atoms with E-state index in [1.807, 2.05) is 0 Å². The minimum Gasteiger partial charge on any atom is -0.395 e. The van der Waals surface area contributed by atoms with Crippen molar-refractivity contribution in [1.82, 2.24) is 14.8 Å². The lowest BCUT2D eigenvalue weighted by Crippen LogP contribution is -1.82. The minimum absolute atomic E-state index is 0.692. The summed E-state index contributed by atoms with van der Waals surface area (Å²) in [5.74, 6) is 0. The van der Waals surface area contributed by atoms with E-state index in [1.54, 1.807) is 11.7 Å². The van der Waals surface area contributed by atoms with Crippen LogP contribution in [0, 0.1) is 0 Å². The molecule has 5 heteroatoms. The normalized spacial score (nSPS) is 10.7. The summed E-state index contributed by atoms with van der Waals surface area (Å²) in [6.45, 7) is 0. The standard InChI is InChI=1S/C4H4N4S/c5-3-1-6-8-4(3)9-2-7-8/h1-2H,5H2. The summed E-state index contributed by atoms with van der Waals surface area (Å²) >= 11 is 1.48. The highest BCUT2D eigenvalue weighted by Gasteiger charge is 1.99. The van der Waals surface area contributed by atoms with Gasteiger partial charge in [0, 0.05) is 0 Å². The minimum atomic E-state index is 0.692. The maximum absolute atomic E-state index is 5.51. The van der Waals surface area contributed by atoms with Crippen molar-refractivity contribution in [2.45, 2.75) is 0 Å². The molecule has 0 unspecified atom stereocenters. The average Bonchev–Trinajstić information content (AvgIpc) is 2.35. The van der Waals surface area contributed by atoms with Gasteiger partial charge < -0.3 is 5.73 Å². The van der Waals surface area contributed by atoms with Gasteiger partial charge in [-0.1, -0.05) is 11.3 Å². The highest BCUT2D eigenvalue weighted by Crippen LogP contribution is 2.15. The van der Waals surface area contributed by atoms with E-state index in [2.05, 4.69) is 10.2 Å². The summed E-state index contributed by atoms with van der Waals surface area (Å²) in [7, 11) is 0. The van der Waals surface area contributed by atoms with Gasteiger partial charge in [0.25, 0.3) is 0 Å².